The molecule has 1 rings (SSSR count). The van der Waals surface area contributed by atoms with E-state index in [9.17, 15) is 0 Å². The van der Waals surface area contributed by atoms with Gasteiger partial charge in [-0.25, -0.2) is 0 Å². The van der Waals surface area contributed by atoms with Crippen molar-refractivity contribution >= 4 is 0 Å². The van der Waals surface area contributed by atoms with Crippen LogP contribution in [-0.4, -0.2) is 7.05 Å². The molecule has 1 nitrogen and oxygen atoms in total. The van der Waals surface area contributed by atoms with Crippen molar-refractivity contribution in [2.75, 3.05) is 7.05 Å². The standard InChI is InChI=1S/C13H19N/c1-3-7-13(14-2)11-10-12-8-5-4-6-9-12/h4-9,14H,3,10-11H2,1-2H3/b13-7+. The summed E-state index contributed by atoms with van der Waals surface area (Å²) in [6.07, 6.45) is 5.58. The van der Waals surface area contributed by atoms with E-state index in [0.717, 1.165) is 19.3 Å². The van der Waals surface area contributed by atoms with Gasteiger partial charge in [0.25, 0.3) is 0 Å². The van der Waals surface area contributed by atoms with Gasteiger partial charge in [0.15, 0.2) is 0 Å². The Labute approximate surface area is 86.8 Å². The second kappa shape index (κ2) is 6.25. The number of hydrogen-bond donors (Lipinski definition) is 1. The van der Waals surface area contributed by atoms with Gasteiger partial charge < -0.3 is 5.32 Å². The van der Waals surface area contributed by atoms with E-state index in [0.29, 0.717) is 0 Å². The highest BCUT2D eigenvalue weighted by molar-refractivity contribution is 5.16. The van der Waals surface area contributed by atoms with Gasteiger partial charge in [-0.2, -0.15) is 0 Å². The summed E-state index contributed by atoms with van der Waals surface area (Å²) in [5.41, 5.74) is 2.75. The van der Waals surface area contributed by atoms with Crippen LogP contribution < -0.4 is 5.32 Å². The molecule has 0 atom stereocenters. The highest BCUT2D eigenvalue weighted by atomic mass is 14.8. The fourth-order valence-electron chi connectivity index (χ4n) is 1.50. The maximum Gasteiger partial charge on any atom is 0.00667 e. The summed E-state index contributed by atoms with van der Waals surface area (Å²) in [6, 6.07) is 10.6. The Balaban J connectivity index is 2.44. The minimum absolute atomic E-state index is 1.10. The van der Waals surface area contributed by atoms with Gasteiger partial charge in [-0.05, 0) is 24.8 Å². The SMILES string of the molecule is CC/C=C(\CCc1ccccc1)NC. The topological polar surface area (TPSA) is 12.0 Å². The third-order valence-corrected chi connectivity index (χ3v) is 2.30. The first-order valence-corrected chi connectivity index (χ1v) is 5.27. The molecule has 0 radical (unpaired) electrons. The van der Waals surface area contributed by atoms with E-state index in [4.69, 9.17) is 0 Å². The van der Waals surface area contributed by atoms with Crippen molar-refractivity contribution in [3.8, 4) is 0 Å². The highest BCUT2D eigenvalue weighted by Gasteiger charge is 1.95. The van der Waals surface area contributed by atoms with E-state index >= 15 is 0 Å². The van der Waals surface area contributed by atoms with Gasteiger partial charge in [0.05, 0.1) is 0 Å². The van der Waals surface area contributed by atoms with E-state index in [1.807, 2.05) is 7.05 Å². The fraction of sp³-hybridized carbons (Fsp3) is 0.385. The van der Waals surface area contributed by atoms with Crippen LogP contribution in [0, 0.1) is 0 Å². The quantitative estimate of drug-likeness (QED) is 0.750. The van der Waals surface area contributed by atoms with Crippen LogP contribution in [0.2, 0.25) is 0 Å². The molecule has 0 saturated heterocycles. The summed E-state index contributed by atoms with van der Waals surface area (Å²) in [7, 11) is 1.99. The summed E-state index contributed by atoms with van der Waals surface area (Å²) < 4.78 is 0. The molecule has 1 aromatic carbocycles. The molecule has 0 heterocycles. The molecule has 1 aromatic rings. The zero-order valence-electron chi connectivity index (χ0n) is 9.09. The Morgan fingerprint density at radius 2 is 2.00 bits per heavy atom. The predicted octanol–water partition coefficient (Wildman–Crippen LogP) is 3.13. The number of rotatable bonds is 5. The van der Waals surface area contributed by atoms with Gasteiger partial charge in [0, 0.05) is 12.7 Å². The van der Waals surface area contributed by atoms with Crippen molar-refractivity contribution in [1.82, 2.24) is 5.32 Å². The smallest absolute Gasteiger partial charge is 0.00667 e. The predicted molar refractivity (Wildman–Crippen MR) is 62.2 cm³/mol. The molecule has 0 fully saturated rings. The Kier molecular flexibility index (Phi) is 4.84. The summed E-state index contributed by atoms with van der Waals surface area (Å²) in [5, 5.41) is 3.23. The van der Waals surface area contributed by atoms with Crippen LogP contribution >= 0.6 is 0 Å². The molecule has 0 bridgehead atoms. The maximum atomic E-state index is 3.23. The van der Waals surface area contributed by atoms with Gasteiger partial charge in [0.2, 0.25) is 0 Å². The maximum absolute atomic E-state index is 3.23. The van der Waals surface area contributed by atoms with E-state index < -0.39 is 0 Å². The average Bonchev–Trinajstić information content (AvgIpc) is 2.25. The lowest BCUT2D eigenvalue weighted by Crippen LogP contribution is -2.06. The normalized spacial score (nSPS) is 11.4. The van der Waals surface area contributed by atoms with Gasteiger partial charge in [-0.1, -0.05) is 43.3 Å². The van der Waals surface area contributed by atoms with Crippen LogP contribution in [0.25, 0.3) is 0 Å². The first kappa shape index (κ1) is 10.8. The molecule has 76 valence electrons. The minimum Gasteiger partial charge on any atom is -0.392 e. The number of hydrogen-bond acceptors (Lipinski definition) is 1. The Hall–Kier alpha value is -1.24. The molecule has 1 heteroatoms. The van der Waals surface area contributed by atoms with Gasteiger partial charge in [-0.3, -0.25) is 0 Å². The average molecular weight is 189 g/mol. The summed E-state index contributed by atoms with van der Waals surface area (Å²) in [6.45, 7) is 2.17. The van der Waals surface area contributed by atoms with Crippen LogP contribution in [0.5, 0.6) is 0 Å². The van der Waals surface area contributed by atoms with Crippen molar-refractivity contribution in [2.24, 2.45) is 0 Å². The number of aryl methyl sites for hydroxylation is 1. The summed E-state index contributed by atoms with van der Waals surface area (Å²) in [4.78, 5) is 0. The Morgan fingerprint density at radius 1 is 1.29 bits per heavy atom. The van der Waals surface area contributed by atoms with Gasteiger partial charge in [-0.15, -0.1) is 0 Å². The first-order valence-electron chi connectivity index (χ1n) is 5.27. The lowest BCUT2D eigenvalue weighted by atomic mass is 10.1. The summed E-state index contributed by atoms with van der Waals surface area (Å²) in [5.74, 6) is 0. The lowest BCUT2D eigenvalue weighted by Gasteiger charge is -2.06. The third-order valence-electron chi connectivity index (χ3n) is 2.30. The van der Waals surface area contributed by atoms with Crippen molar-refractivity contribution in [3.05, 3.63) is 47.7 Å². The van der Waals surface area contributed by atoms with E-state index in [1.165, 1.54) is 11.3 Å². The molecule has 0 aliphatic carbocycles. The van der Waals surface area contributed by atoms with Crippen LogP contribution in [-0.2, 0) is 6.42 Å². The molecule has 0 aliphatic heterocycles. The molecule has 1 N–H and O–H groups in total. The minimum atomic E-state index is 1.10. The molecule has 0 aromatic heterocycles. The fourth-order valence-corrected chi connectivity index (χ4v) is 1.50. The summed E-state index contributed by atoms with van der Waals surface area (Å²) >= 11 is 0. The zero-order chi connectivity index (χ0) is 10.2. The number of allylic oxidation sites excluding steroid dienone is 2. The van der Waals surface area contributed by atoms with E-state index in [-0.39, 0.29) is 0 Å². The molecule has 0 saturated carbocycles. The number of benzene rings is 1. The van der Waals surface area contributed by atoms with Crippen molar-refractivity contribution in [2.45, 2.75) is 26.2 Å². The Bertz CT molecular complexity index is 275. The van der Waals surface area contributed by atoms with Crippen molar-refractivity contribution in [3.63, 3.8) is 0 Å². The van der Waals surface area contributed by atoms with Crippen molar-refractivity contribution < 1.29 is 0 Å². The van der Waals surface area contributed by atoms with Crippen molar-refractivity contribution in [1.29, 1.82) is 0 Å². The molecular weight excluding hydrogens is 170 g/mol. The lowest BCUT2D eigenvalue weighted by molar-refractivity contribution is 0.825. The monoisotopic (exact) mass is 189 g/mol. The zero-order valence-corrected chi connectivity index (χ0v) is 9.09. The van der Waals surface area contributed by atoms with Crippen LogP contribution in [0.15, 0.2) is 42.1 Å². The second-order valence-electron chi connectivity index (χ2n) is 3.37. The molecule has 14 heavy (non-hydrogen) atoms. The molecule has 0 aliphatic rings. The van der Waals surface area contributed by atoms with E-state index in [2.05, 4.69) is 48.6 Å². The van der Waals surface area contributed by atoms with Crippen LogP contribution in [0.4, 0.5) is 0 Å². The highest BCUT2D eigenvalue weighted by Crippen LogP contribution is 2.07. The largest absolute Gasteiger partial charge is 0.392 e. The second-order valence-corrected chi connectivity index (χ2v) is 3.37. The first-order chi connectivity index (χ1) is 6.86. The third kappa shape index (κ3) is 3.65. The molecule has 0 amide bonds. The van der Waals surface area contributed by atoms with Crippen LogP contribution in [0.3, 0.4) is 0 Å². The molecular formula is C13H19N. The van der Waals surface area contributed by atoms with Gasteiger partial charge >= 0.3 is 0 Å². The molecule has 0 unspecified atom stereocenters. The Morgan fingerprint density at radius 3 is 2.57 bits per heavy atom. The number of nitrogens with one attached hydrogen (secondary N) is 1. The van der Waals surface area contributed by atoms with Gasteiger partial charge in [0.1, 0.15) is 0 Å². The molecule has 0 spiro atoms. The van der Waals surface area contributed by atoms with E-state index in [1.54, 1.807) is 0 Å². The van der Waals surface area contributed by atoms with Crippen LogP contribution in [0.1, 0.15) is 25.3 Å².